The molecule has 0 saturated heterocycles. The zero-order valence-corrected chi connectivity index (χ0v) is 13.0. The monoisotopic (exact) mass is 317 g/mol. The van der Waals surface area contributed by atoms with Gasteiger partial charge in [0.15, 0.2) is 0 Å². The van der Waals surface area contributed by atoms with E-state index in [1.54, 1.807) is 6.20 Å². The average molecular weight is 317 g/mol. The summed E-state index contributed by atoms with van der Waals surface area (Å²) < 4.78 is 19.6. The van der Waals surface area contributed by atoms with Gasteiger partial charge in [0.25, 0.3) is 0 Å². The van der Waals surface area contributed by atoms with Gasteiger partial charge >= 0.3 is 0 Å². The fraction of sp³-hybridized carbons (Fsp3) is 0.0476. The number of fused-ring (bicyclic) bond motifs is 1. The fourth-order valence-electron chi connectivity index (χ4n) is 2.84. The number of aromatic amines is 1. The normalized spacial score (nSPS) is 10.9. The van der Waals surface area contributed by atoms with E-state index in [1.807, 2.05) is 66.7 Å². The van der Waals surface area contributed by atoms with E-state index in [1.165, 1.54) is 6.07 Å². The number of ether oxygens (including phenoxy) is 1. The van der Waals surface area contributed by atoms with Crippen LogP contribution in [-0.2, 0) is 6.61 Å². The second-order valence-electron chi connectivity index (χ2n) is 5.66. The molecule has 3 heteroatoms. The molecule has 4 aromatic rings. The van der Waals surface area contributed by atoms with Crippen molar-refractivity contribution in [2.75, 3.05) is 0 Å². The Bertz CT molecular complexity index is 958. The van der Waals surface area contributed by atoms with Crippen molar-refractivity contribution in [1.82, 2.24) is 4.98 Å². The number of nitrogens with one attached hydrogen (secondary N) is 1. The molecule has 0 aliphatic heterocycles. The summed E-state index contributed by atoms with van der Waals surface area (Å²) in [6.07, 6.45) is 1.76. The standard InChI is InChI=1S/C21H16FNO/c22-20-11-10-18(19-12-13-23-21(19)20)16-6-8-17(9-7-16)24-14-15-4-2-1-3-5-15/h1-13,23H,14H2. The molecule has 0 atom stereocenters. The summed E-state index contributed by atoms with van der Waals surface area (Å²) >= 11 is 0. The lowest BCUT2D eigenvalue weighted by Gasteiger charge is -2.08. The Morgan fingerprint density at radius 3 is 2.42 bits per heavy atom. The van der Waals surface area contributed by atoms with Crippen molar-refractivity contribution in [2.45, 2.75) is 6.61 Å². The van der Waals surface area contributed by atoms with Crippen LogP contribution < -0.4 is 4.74 Å². The summed E-state index contributed by atoms with van der Waals surface area (Å²) in [4.78, 5) is 2.95. The van der Waals surface area contributed by atoms with Crippen LogP contribution >= 0.6 is 0 Å². The highest BCUT2D eigenvalue weighted by Gasteiger charge is 2.08. The van der Waals surface area contributed by atoms with Crippen molar-refractivity contribution in [3.05, 3.63) is 90.4 Å². The number of rotatable bonds is 4. The molecule has 4 rings (SSSR count). The van der Waals surface area contributed by atoms with Crippen LogP contribution in [0.5, 0.6) is 5.75 Å². The second kappa shape index (κ2) is 6.20. The van der Waals surface area contributed by atoms with Gasteiger partial charge in [-0.3, -0.25) is 0 Å². The third-order valence-corrected chi connectivity index (χ3v) is 4.09. The summed E-state index contributed by atoms with van der Waals surface area (Å²) in [7, 11) is 0. The molecule has 1 aromatic heterocycles. The van der Waals surface area contributed by atoms with Crippen molar-refractivity contribution in [1.29, 1.82) is 0 Å². The van der Waals surface area contributed by atoms with Crippen molar-refractivity contribution >= 4 is 10.9 Å². The zero-order valence-electron chi connectivity index (χ0n) is 13.0. The number of hydrogen-bond acceptors (Lipinski definition) is 1. The molecule has 0 radical (unpaired) electrons. The lowest BCUT2D eigenvalue weighted by atomic mass is 10.0. The molecule has 2 nitrogen and oxygen atoms in total. The van der Waals surface area contributed by atoms with Gasteiger partial charge in [-0.2, -0.15) is 0 Å². The second-order valence-corrected chi connectivity index (χ2v) is 5.66. The van der Waals surface area contributed by atoms with Gasteiger partial charge in [-0.25, -0.2) is 4.39 Å². The quantitative estimate of drug-likeness (QED) is 0.524. The Hall–Kier alpha value is -3.07. The van der Waals surface area contributed by atoms with Crippen LogP contribution in [0, 0.1) is 5.82 Å². The molecule has 0 fully saturated rings. The van der Waals surface area contributed by atoms with E-state index in [9.17, 15) is 4.39 Å². The topological polar surface area (TPSA) is 25.0 Å². The fourth-order valence-corrected chi connectivity index (χ4v) is 2.84. The van der Waals surface area contributed by atoms with Crippen LogP contribution in [0.4, 0.5) is 4.39 Å². The van der Waals surface area contributed by atoms with Crippen LogP contribution in [0.15, 0.2) is 79.0 Å². The molecular formula is C21H16FNO. The number of H-pyrrole nitrogens is 1. The van der Waals surface area contributed by atoms with Gasteiger partial charge in [0.2, 0.25) is 0 Å². The molecule has 0 saturated carbocycles. The molecule has 0 aliphatic carbocycles. The van der Waals surface area contributed by atoms with Crippen molar-refractivity contribution in [2.24, 2.45) is 0 Å². The van der Waals surface area contributed by atoms with E-state index in [-0.39, 0.29) is 5.82 Å². The number of halogens is 1. The minimum Gasteiger partial charge on any atom is -0.489 e. The Morgan fingerprint density at radius 1 is 0.833 bits per heavy atom. The number of aromatic nitrogens is 1. The maximum atomic E-state index is 13.8. The summed E-state index contributed by atoms with van der Waals surface area (Å²) in [6, 6.07) is 23.2. The van der Waals surface area contributed by atoms with Crippen LogP contribution in [0.2, 0.25) is 0 Å². The van der Waals surface area contributed by atoms with Crippen molar-refractivity contribution < 1.29 is 9.13 Å². The first-order valence-electron chi connectivity index (χ1n) is 7.84. The first-order chi connectivity index (χ1) is 11.8. The Kier molecular flexibility index (Phi) is 3.75. The summed E-state index contributed by atoms with van der Waals surface area (Å²) in [5.41, 5.74) is 3.71. The average Bonchev–Trinajstić information content (AvgIpc) is 3.13. The van der Waals surface area contributed by atoms with Gasteiger partial charge in [0.05, 0.1) is 5.52 Å². The molecule has 0 amide bonds. The molecular weight excluding hydrogens is 301 g/mol. The zero-order chi connectivity index (χ0) is 16.4. The van der Waals surface area contributed by atoms with Crippen LogP contribution in [0.1, 0.15) is 5.56 Å². The lowest BCUT2D eigenvalue weighted by Crippen LogP contribution is -1.94. The predicted octanol–water partition coefficient (Wildman–Crippen LogP) is 5.55. The highest BCUT2D eigenvalue weighted by atomic mass is 19.1. The van der Waals surface area contributed by atoms with Gasteiger partial charge in [0.1, 0.15) is 18.2 Å². The smallest absolute Gasteiger partial charge is 0.147 e. The highest BCUT2D eigenvalue weighted by molar-refractivity contribution is 5.95. The molecule has 0 spiro atoms. The first kappa shape index (κ1) is 14.5. The predicted molar refractivity (Wildman–Crippen MR) is 94.5 cm³/mol. The molecule has 1 N–H and O–H groups in total. The molecule has 0 unspecified atom stereocenters. The molecule has 3 aromatic carbocycles. The Morgan fingerprint density at radius 2 is 1.62 bits per heavy atom. The largest absolute Gasteiger partial charge is 0.489 e. The third-order valence-electron chi connectivity index (χ3n) is 4.09. The number of benzene rings is 3. The molecule has 24 heavy (non-hydrogen) atoms. The molecule has 118 valence electrons. The maximum Gasteiger partial charge on any atom is 0.147 e. The maximum absolute atomic E-state index is 13.8. The van der Waals surface area contributed by atoms with Gasteiger partial charge in [-0.05, 0) is 41.0 Å². The minimum absolute atomic E-state index is 0.235. The van der Waals surface area contributed by atoms with Gasteiger partial charge in [0, 0.05) is 11.6 Å². The van der Waals surface area contributed by atoms with E-state index >= 15 is 0 Å². The van der Waals surface area contributed by atoms with E-state index in [4.69, 9.17) is 4.74 Å². The van der Waals surface area contributed by atoms with Gasteiger partial charge < -0.3 is 9.72 Å². The van der Waals surface area contributed by atoms with Crippen LogP contribution in [-0.4, -0.2) is 4.98 Å². The summed E-state index contributed by atoms with van der Waals surface area (Å²) in [5, 5.41) is 0.882. The van der Waals surface area contributed by atoms with Crippen LogP contribution in [0.25, 0.3) is 22.0 Å². The van der Waals surface area contributed by atoms with E-state index in [0.717, 1.165) is 27.8 Å². The molecule has 0 bridgehead atoms. The van der Waals surface area contributed by atoms with Gasteiger partial charge in [-0.1, -0.05) is 48.5 Å². The van der Waals surface area contributed by atoms with Crippen LogP contribution in [0.3, 0.4) is 0 Å². The molecule has 0 aliphatic rings. The minimum atomic E-state index is -0.235. The van der Waals surface area contributed by atoms with E-state index in [0.29, 0.717) is 12.1 Å². The Labute approximate surface area is 139 Å². The SMILES string of the molecule is Fc1ccc(-c2ccc(OCc3ccccc3)cc2)c2cc[nH]c12. The van der Waals surface area contributed by atoms with E-state index in [2.05, 4.69) is 4.98 Å². The van der Waals surface area contributed by atoms with Gasteiger partial charge in [-0.15, -0.1) is 0 Å². The Balaban J connectivity index is 1.57. The van der Waals surface area contributed by atoms with E-state index < -0.39 is 0 Å². The molecule has 1 heterocycles. The summed E-state index contributed by atoms with van der Waals surface area (Å²) in [5.74, 6) is 0.580. The highest BCUT2D eigenvalue weighted by Crippen LogP contribution is 2.30. The van der Waals surface area contributed by atoms with Crippen molar-refractivity contribution in [3.8, 4) is 16.9 Å². The number of hydrogen-bond donors (Lipinski definition) is 1. The lowest BCUT2D eigenvalue weighted by molar-refractivity contribution is 0.306. The first-order valence-corrected chi connectivity index (χ1v) is 7.84. The van der Waals surface area contributed by atoms with Crippen molar-refractivity contribution in [3.63, 3.8) is 0 Å². The third kappa shape index (κ3) is 2.76. The summed E-state index contributed by atoms with van der Waals surface area (Å²) in [6.45, 7) is 0.540.